The highest BCUT2D eigenvalue weighted by molar-refractivity contribution is 7.89. The lowest BCUT2D eigenvalue weighted by Crippen LogP contribution is -2.32. The van der Waals surface area contributed by atoms with Gasteiger partial charge in [0.1, 0.15) is 18.2 Å². The number of benzene rings is 1. The Hall–Kier alpha value is -1.99. The molecule has 122 valence electrons. The highest BCUT2D eigenvalue weighted by atomic mass is 32.2. The number of aromatic nitrogens is 2. The fourth-order valence-electron chi connectivity index (χ4n) is 2.64. The van der Waals surface area contributed by atoms with Gasteiger partial charge in [0.25, 0.3) is 0 Å². The smallest absolute Gasteiger partial charge is 0.213 e. The number of para-hydroxylation sites is 1. The third-order valence-electron chi connectivity index (χ3n) is 3.90. The van der Waals surface area contributed by atoms with Crippen LogP contribution in [0.1, 0.15) is 13.3 Å². The van der Waals surface area contributed by atoms with E-state index in [2.05, 4.69) is 9.97 Å². The minimum absolute atomic E-state index is 0.122. The molecule has 7 heteroatoms. The minimum Gasteiger partial charge on any atom is -0.488 e. The number of ether oxygens (including phenoxy) is 1. The van der Waals surface area contributed by atoms with Gasteiger partial charge in [-0.1, -0.05) is 12.1 Å². The van der Waals surface area contributed by atoms with Gasteiger partial charge in [-0.3, -0.25) is 0 Å². The fraction of sp³-hybridized carbons (Fsp3) is 0.375. The van der Waals surface area contributed by atoms with Gasteiger partial charge in [0.15, 0.2) is 0 Å². The van der Waals surface area contributed by atoms with E-state index in [1.807, 2.05) is 30.3 Å². The Balaban J connectivity index is 1.78. The van der Waals surface area contributed by atoms with Crippen molar-refractivity contribution in [2.75, 3.05) is 18.8 Å². The summed E-state index contributed by atoms with van der Waals surface area (Å²) in [7, 11) is -3.15. The van der Waals surface area contributed by atoms with Crippen LogP contribution in [-0.2, 0) is 10.0 Å². The van der Waals surface area contributed by atoms with E-state index < -0.39 is 10.0 Å². The second kappa shape index (κ2) is 6.64. The lowest BCUT2D eigenvalue weighted by molar-refractivity contribution is 0.216. The summed E-state index contributed by atoms with van der Waals surface area (Å²) in [5.41, 5.74) is 1.67. The van der Waals surface area contributed by atoms with Crippen molar-refractivity contribution < 1.29 is 13.2 Å². The Labute approximate surface area is 136 Å². The van der Waals surface area contributed by atoms with Crippen molar-refractivity contribution in [1.82, 2.24) is 14.3 Å². The van der Waals surface area contributed by atoms with Crippen LogP contribution >= 0.6 is 0 Å². The lowest BCUT2D eigenvalue weighted by Gasteiger charge is -2.18. The standard InChI is InChI=1S/C16H19N3O3S/c1-2-23(20,21)19-10-8-13(11-19)22-16-6-4-3-5-14(16)15-7-9-17-12-18-15/h3-7,9,12-13H,2,8,10-11H2,1H3. The predicted molar refractivity (Wildman–Crippen MR) is 87.5 cm³/mol. The number of rotatable bonds is 5. The predicted octanol–water partition coefficient (Wildman–Crippen LogP) is 1.95. The van der Waals surface area contributed by atoms with Gasteiger partial charge in [-0.15, -0.1) is 0 Å². The molecule has 0 radical (unpaired) electrons. The number of hydrogen-bond donors (Lipinski definition) is 0. The molecule has 1 fully saturated rings. The van der Waals surface area contributed by atoms with Crippen molar-refractivity contribution in [3.63, 3.8) is 0 Å². The average Bonchev–Trinajstić information content (AvgIpc) is 3.06. The van der Waals surface area contributed by atoms with E-state index in [-0.39, 0.29) is 11.9 Å². The summed E-state index contributed by atoms with van der Waals surface area (Å²) in [4.78, 5) is 8.18. The van der Waals surface area contributed by atoms with Crippen LogP contribution in [0.15, 0.2) is 42.9 Å². The monoisotopic (exact) mass is 333 g/mol. The molecule has 2 aromatic rings. The normalized spacial score (nSPS) is 18.9. The minimum atomic E-state index is -3.15. The quantitative estimate of drug-likeness (QED) is 0.836. The molecule has 1 unspecified atom stereocenters. The van der Waals surface area contributed by atoms with E-state index in [0.29, 0.717) is 25.3 Å². The molecule has 0 N–H and O–H groups in total. The molecule has 0 bridgehead atoms. The van der Waals surface area contributed by atoms with E-state index >= 15 is 0 Å². The second-order valence-electron chi connectivity index (χ2n) is 5.38. The maximum Gasteiger partial charge on any atom is 0.213 e. The van der Waals surface area contributed by atoms with Crippen molar-refractivity contribution in [1.29, 1.82) is 0 Å². The van der Waals surface area contributed by atoms with E-state index in [4.69, 9.17) is 4.74 Å². The van der Waals surface area contributed by atoms with Gasteiger partial charge < -0.3 is 4.74 Å². The Kier molecular flexibility index (Phi) is 4.58. The fourth-order valence-corrected chi connectivity index (χ4v) is 3.78. The maximum atomic E-state index is 11.9. The van der Waals surface area contributed by atoms with E-state index in [1.54, 1.807) is 13.1 Å². The molecule has 0 aliphatic carbocycles. The van der Waals surface area contributed by atoms with Crippen LogP contribution in [0.25, 0.3) is 11.3 Å². The highest BCUT2D eigenvalue weighted by Gasteiger charge is 2.31. The van der Waals surface area contributed by atoms with Crippen LogP contribution < -0.4 is 4.74 Å². The second-order valence-corrected chi connectivity index (χ2v) is 7.64. The number of nitrogens with zero attached hydrogens (tertiary/aromatic N) is 3. The molecule has 1 aromatic heterocycles. The molecule has 0 spiro atoms. The topological polar surface area (TPSA) is 72.4 Å². The molecule has 1 saturated heterocycles. The van der Waals surface area contributed by atoms with Crippen molar-refractivity contribution in [3.05, 3.63) is 42.9 Å². The van der Waals surface area contributed by atoms with E-state index in [9.17, 15) is 8.42 Å². The van der Waals surface area contributed by atoms with Crippen molar-refractivity contribution in [2.24, 2.45) is 0 Å². The Bertz CT molecular complexity index is 765. The van der Waals surface area contributed by atoms with Crippen molar-refractivity contribution in [2.45, 2.75) is 19.4 Å². The SMILES string of the molecule is CCS(=O)(=O)N1CCC(Oc2ccccc2-c2ccncn2)C1. The summed E-state index contributed by atoms with van der Waals surface area (Å²) in [6.07, 6.45) is 3.73. The maximum absolute atomic E-state index is 11.9. The number of hydrogen-bond acceptors (Lipinski definition) is 5. The molecule has 1 aliphatic heterocycles. The van der Waals surface area contributed by atoms with Crippen LogP contribution in [0.4, 0.5) is 0 Å². The molecule has 1 aliphatic rings. The van der Waals surface area contributed by atoms with E-state index in [0.717, 1.165) is 11.3 Å². The first kappa shape index (κ1) is 15.9. The summed E-state index contributed by atoms with van der Waals surface area (Å²) in [5.74, 6) is 0.837. The Morgan fingerprint density at radius 1 is 1.30 bits per heavy atom. The van der Waals surface area contributed by atoms with Crippen LogP contribution in [0.3, 0.4) is 0 Å². The zero-order chi connectivity index (χ0) is 16.3. The first-order chi connectivity index (χ1) is 11.1. The summed E-state index contributed by atoms with van der Waals surface area (Å²) in [5, 5.41) is 0. The van der Waals surface area contributed by atoms with Crippen LogP contribution in [-0.4, -0.2) is 47.6 Å². The lowest BCUT2D eigenvalue weighted by atomic mass is 10.1. The molecule has 3 rings (SSSR count). The molecule has 1 atom stereocenters. The number of sulfonamides is 1. The first-order valence-corrected chi connectivity index (χ1v) is 9.21. The van der Waals surface area contributed by atoms with Gasteiger partial charge in [-0.2, -0.15) is 4.31 Å². The summed E-state index contributed by atoms with van der Waals surface area (Å²) >= 11 is 0. The van der Waals surface area contributed by atoms with Crippen molar-refractivity contribution in [3.8, 4) is 17.0 Å². The summed E-state index contributed by atoms with van der Waals surface area (Å²) in [6, 6.07) is 9.47. The molecule has 0 amide bonds. The van der Waals surface area contributed by atoms with Crippen LogP contribution in [0.2, 0.25) is 0 Å². The van der Waals surface area contributed by atoms with Gasteiger partial charge in [-0.05, 0) is 31.5 Å². The third-order valence-corrected chi connectivity index (χ3v) is 5.75. The van der Waals surface area contributed by atoms with Gasteiger partial charge in [0, 0.05) is 18.3 Å². The average molecular weight is 333 g/mol. The first-order valence-electron chi connectivity index (χ1n) is 7.60. The van der Waals surface area contributed by atoms with Crippen molar-refractivity contribution >= 4 is 10.0 Å². The largest absolute Gasteiger partial charge is 0.488 e. The molecule has 23 heavy (non-hydrogen) atoms. The van der Waals surface area contributed by atoms with Crippen LogP contribution in [0, 0.1) is 0 Å². The molecule has 0 saturated carbocycles. The highest BCUT2D eigenvalue weighted by Crippen LogP contribution is 2.30. The summed E-state index contributed by atoms with van der Waals surface area (Å²) < 4.78 is 31.5. The molecule has 1 aromatic carbocycles. The van der Waals surface area contributed by atoms with Gasteiger partial charge in [0.2, 0.25) is 10.0 Å². The van der Waals surface area contributed by atoms with Crippen LogP contribution in [0.5, 0.6) is 5.75 Å². The summed E-state index contributed by atoms with van der Waals surface area (Å²) in [6.45, 7) is 2.57. The Morgan fingerprint density at radius 2 is 2.13 bits per heavy atom. The molecular formula is C16H19N3O3S. The van der Waals surface area contributed by atoms with Gasteiger partial charge >= 0.3 is 0 Å². The zero-order valence-electron chi connectivity index (χ0n) is 12.9. The van der Waals surface area contributed by atoms with Gasteiger partial charge in [-0.25, -0.2) is 18.4 Å². The van der Waals surface area contributed by atoms with Gasteiger partial charge in [0.05, 0.1) is 18.0 Å². The molecular weight excluding hydrogens is 314 g/mol. The Morgan fingerprint density at radius 3 is 2.87 bits per heavy atom. The molecule has 6 nitrogen and oxygen atoms in total. The van der Waals surface area contributed by atoms with E-state index in [1.165, 1.54) is 10.6 Å². The third kappa shape index (κ3) is 3.51. The zero-order valence-corrected chi connectivity index (χ0v) is 13.7. The molecule has 2 heterocycles.